The number of rotatable bonds is 10. The monoisotopic (exact) mass is 365 g/mol. The molecule has 0 aliphatic rings. The van der Waals surface area contributed by atoms with E-state index in [0.29, 0.717) is 24.9 Å². The third kappa shape index (κ3) is 5.38. The highest BCUT2D eigenvalue weighted by molar-refractivity contribution is 5.89. The second-order valence-corrected chi connectivity index (χ2v) is 5.61. The number of ether oxygens (including phenoxy) is 2. The number of hydrogen-bond acceptors (Lipinski definition) is 7. The van der Waals surface area contributed by atoms with Crippen LogP contribution in [0.4, 0.5) is 5.95 Å². The van der Waals surface area contributed by atoms with Crippen LogP contribution in [0, 0.1) is 0 Å². The van der Waals surface area contributed by atoms with Crippen molar-refractivity contribution in [3.8, 4) is 0 Å². The van der Waals surface area contributed by atoms with E-state index in [1.807, 2.05) is 13.8 Å². The summed E-state index contributed by atoms with van der Waals surface area (Å²) in [6.45, 7) is 4.22. The second-order valence-electron chi connectivity index (χ2n) is 5.61. The Morgan fingerprint density at radius 3 is 2.73 bits per heavy atom. The molecule has 0 aromatic carbocycles. The van der Waals surface area contributed by atoms with Crippen molar-refractivity contribution in [3.63, 3.8) is 0 Å². The van der Waals surface area contributed by atoms with Gasteiger partial charge in [-0.05, 0) is 12.8 Å². The molecule has 10 heteroatoms. The van der Waals surface area contributed by atoms with Crippen molar-refractivity contribution in [1.29, 1.82) is 0 Å². The zero-order chi connectivity index (χ0) is 18.9. The lowest BCUT2D eigenvalue weighted by molar-refractivity contribution is -0.145. The van der Waals surface area contributed by atoms with E-state index in [-0.39, 0.29) is 43.3 Å². The van der Waals surface area contributed by atoms with Crippen LogP contribution in [0.15, 0.2) is 11.1 Å². The Morgan fingerprint density at radius 2 is 2.00 bits per heavy atom. The fourth-order valence-electron chi connectivity index (χ4n) is 2.18. The fraction of sp³-hybridized carbons (Fsp3) is 0.562. The molecule has 2 aromatic heterocycles. The summed E-state index contributed by atoms with van der Waals surface area (Å²) in [5.41, 5.74) is -0.00552. The summed E-state index contributed by atoms with van der Waals surface area (Å²) in [6.07, 6.45) is 3.56. The summed E-state index contributed by atoms with van der Waals surface area (Å²) in [5, 5.41) is 2.55. The highest BCUT2D eigenvalue weighted by atomic mass is 16.6. The molecule has 2 heterocycles. The molecule has 0 fully saturated rings. The minimum atomic E-state index is -0.450. The highest BCUT2D eigenvalue weighted by Gasteiger charge is 2.12. The van der Waals surface area contributed by atoms with E-state index in [1.165, 1.54) is 10.9 Å². The van der Waals surface area contributed by atoms with Crippen molar-refractivity contribution in [2.45, 2.75) is 46.3 Å². The Balaban J connectivity index is 1.97. The molecule has 0 atom stereocenters. The normalized spacial score (nSPS) is 10.8. The molecule has 0 unspecified atom stereocenters. The van der Waals surface area contributed by atoms with E-state index in [2.05, 4.69) is 20.3 Å². The Bertz CT molecular complexity index is 813. The standard InChI is InChI=1S/C16H23N5O5/c1-3-5-11(22)18-16-19-14-13(15(24)20-16)17-9-21(14)10-25-7-8-26-12(23)6-4-2/h9H,3-8,10H2,1-2H3,(H2,18,19,20,22,24). The Kier molecular flexibility index (Phi) is 7.27. The van der Waals surface area contributed by atoms with Crippen LogP contribution in [0.25, 0.3) is 11.2 Å². The Labute approximate surface area is 149 Å². The van der Waals surface area contributed by atoms with Crippen molar-refractivity contribution >= 4 is 29.0 Å². The van der Waals surface area contributed by atoms with Crippen molar-refractivity contribution in [2.24, 2.45) is 0 Å². The Morgan fingerprint density at radius 1 is 1.23 bits per heavy atom. The lowest BCUT2D eigenvalue weighted by atomic mass is 10.3. The van der Waals surface area contributed by atoms with Gasteiger partial charge >= 0.3 is 5.97 Å². The zero-order valence-electron chi connectivity index (χ0n) is 14.9. The maximum Gasteiger partial charge on any atom is 0.305 e. The number of imidazole rings is 1. The van der Waals surface area contributed by atoms with Gasteiger partial charge in [-0.15, -0.1) is 0 Å². The van der Waals surface area contributed by atoms with E-state index in [1.54, 1.807) is 0 Å². The summed E-state index contributed by atoms with van der Waals surface area (Å²) < 4.78 is 11.9. The molecule has 0 aliphatic heterocycles. The van der Waals surface area contributed by atoms with Crippen LogP contribution in [0.1, 0.15) is 39.5 Å². The van der Waals surface area contributed by atoms with Crippen molar-refractivity contribution in [2.75, 3.05) is 18.5 Å². The van der Waals surface area contributed by atoms with Gasteiger partial charge in [-0.1, -0.05) is 13.8 Å². The zero-order valence-corrected chi connectivity index (χ0v) is 14.9. The predicted octanol–water partition coefficient (Wildman–Crippen LogP) is 1.18. The summed E-state index contributed by atoms with van der Waals surface area (Å²) in [4.78, 5) is 45.7. The first-order valence-electron chi connectivity index (χ1n) is 8.53. The van der Waals surface area contributed by atoms with Gasteiger partial charge in [0.1, 0.15) is 13.3 Å². The van der Waals surface area contributed by atoms with Crippen LogP contribution in [-0.4, -0.2) is 44.6 Å². The largest absolute Gasteiger partial charge is 0.463 e. The van der Waals surface area contributed by atoms with Crippen LogP contribution in [-0.2, 0) is 25.8 Å². The fourth-order valence-corrected chi connectivity index (χ4v) is 2.18. The van der Waals surface area contributed by atoms with Gasteiger partial charge in [-0.25, -0.2) is 4.98 Å². The topological polar surface area (TPSA) is 128 Å². The third-order valence-electron chi connectivity index (χ3n) is 3.38. The molecule has 142 valence electrons. The number of aromatic amines is 1. The molecule has 0 saturated heterocycles. The molecule has 10 nitrogen and oxygen atoms in total. The molecule has 2 rings (SSSR count). The van der Waals surface area contributed by atoms with Gasteiger partial charge < -0.3 is 9.47 Å². The molecular formula is C16H23N5O5. The number of carbonyl (C=O) groups excluding carboxylic acids is 2. The van der Waals surface area contributed by atoms with Crippen LogP contribution in [0.2, 0.25) is 0 Å². The van der Waals surface area contributed by atoms with Gasteiger partial charge in [-0.2, -0.15) is 4.98 Å². The minimum Gasteiger partial charge on any atom is -0.463 e. The number of hydrogen-bond donors (Lipinski definition) is 2. The second kappa shape index (κ2) is 9.66. The van der Waals surface area contributed by atoms with E-state index < -0.39 is 5.56 Å². The van der Waals surface area contributed by atoms with Crippen LogP contribution in [0.5, 0.6) is 0 Å². The predicted molar refractivity (Wildman–Crippen MR) is 93.5 cm³/mol. The third-order valence-corrected chi connectivity index (χ3v) is 3.38. The van der Waals surface area contributed by atoms with Crippen molar-refractivity contribution in [3.05, 3.63) is 16.7 Å². The number of H-pyrrole nitrogens is 1. The van der Waals surface area contributed by atoms with Gasteiger partial charge in [-0.3, -0.25) is 29.3 Å². The number of nitrogens with zero attached hydrogens (tertiary/aromatic N) is 3. The Hall–Kier alpha value is -2.75. The number of esters is 1. The first kappa shape index (κ1) is 19.6. The summed E-state index contributed by atoms with van der Waals surface area (Å²) >= 11 is 0. The van der Waals surface area contributed by atoms with Gasteiger partial charge in [0.2, 0.25) is 11.9 Å². The molecule has 1 amide bonds. The lowest BCUT2D eigenvalue weighted by Crippen LogP contribution is -2.18. The molecule has 0 radical (unpaired) electrons. The van der Waals surface area contributed by atoms with Crippen LogP contribution < -0.4 is 10.9 Å². The van der Waals surface area contributed by atoms with Crippen molar-refractivity contribution < 1.29 is 19.1 Å². The smallest absolute Gasteiger partial charge is 0.305 e. The van der Waals surface area contributed by atoms with Crippen molar-refractivity contribution in [1.82, 2.24) is 19.5 Å². The number of amides is 1. The SMILES string of the molecule is CCCC(=O)Nc1nc2c(ncn2COCCOC(=O)CCC)c(=O)[nH]1. The molecule has 0 bridgehead atoms. The number of carbonyl (C=O) groups is 2. The quantitative estimate of drug-likeness (QED) is 0.478. The van der Waals surface area contributed by atoms with E-state index >= 15 is 0 Å². The summed E-state index contributed by atoms with van der Waals surface area (Å²) in [6, 6.07) is 0. The highest BCUT2D eigenvalue weighted by Crippen LogP contribution is 2.08. The van der Waals surface area contributed by atoms with E-state index in [0.717, 1.165) is 6.42 Å². The number of aromatic nitrogens is 4. The minimum absolute atomic E-state index is 0.0659. The molecule has 0 aliphatic carbocycles. The average molecular weight is 365 g/mol. The first-order valence-corrected chi connectivity index (χ1v) is 8.53. The van der Waals surface area contributed by atoms with Gasteiger partial charge in [0, 0.05) is 12.8 Å². The van der Waals surface area contributed by atoms with Gasteiger partial charge in [0.15, 0.2) is 11.2 Å². The van der Waals surface area contributed by atoms with E-state index in [4.69, 9.17) is 9.47 Å². The maximum absolute atomic E-state index is 12.0. The summed E-state index contributed by atoms with van der Waals surface area (Å²) in [7, 11) is 0. The summed E-state index contributed by atoms with van der Waals surface area (Å²) in [5.74, 6) is -0.424. The molecule has 2 aromatic rings. The number of nitrogens with one attached hydrogen (secondary N) is 2. The number of anilines is 1. The van der Waals surface area contributed by atoms with Crippen LogP contribution in [0.3, 0.4) is 0 Å². The number of fused-ring (bicyclic) bond motifs is 1. The average Bonchev–Trinajstić information content (AvgIpc) is 2.98. The van der Waals surface area contributed by atoms with Gasteiger partial charge in [0.05, 0.1) is 12.9 Å². The maximum atomic E-state index is 12.0. The van der Waals surface area contributed by atoms with Gasteiger partial charge in [0.25, 0.3) is 5.56 Å². The van der Waals surface area contributed by atoms with Crippen LogP contribution >= 0.6 is 0 Å². The molecular weight excluding hydrogens is 342 g/mol. The molecule has 0 saturated carbocycles. The lowest BCUT2D eigenvalue weighted by Gasteiger charge is -2.07. The molecule has 0 spiro atoms. The first-order chi connectivity index (χ1) is 12.5. The van der Waals surface area contributed by atoms with E-state index in [9.17, 15) is 14.4 Å². The molecule has 2 N–H and O–H groups in total. The molecule has 26 heavy (non-hydrogen) atoms.